The quantitative estimate of drug-likeness (QED) is 0.561. The summed E-state index contributed by atoms with van der Waals surface area (Å²) in [6, 6.07) is 15.0. The summed E-state index contributed by atoms with van der Waals surface area (Å²) in [5, 5.41) is 0. The lowest BCUT2D eigenvalue weighted by Crippen LogP contribution is -2.00. The number of fused-ring (bicyclic) bond motifs is 1. The molecule has 0 radical (unpaired) electrons. The second-order valence-electron chi connectivity index (χ2n) is 5.52. The minimum Gasteiger partial charge on any atom is -0.494 e. The van der Waals surface area contributed by atoms with E-state index in [4.69, 9.17) is 19.4 Å². The van der Waals surface area contributed by atoms with Gasteiger partial charge in [0.2, 0.25) is 0 Å². The maximum absolute atomic E-state index is 5.47. The highest BCUT2D eigenvalue weighted by Gasteiger charge is 2.19. The Hall–Kier alpha value is -3.54. The van der Waals surface area contributed by atoms with E-state index in [-0.39, 0.29) is 0 Å². The van der Waals surface area contributed by atoms with Crippen LogP contribution in [0.2, 0.25) is 0 Å². The van der Waals surface area contributed by atoms with Crippen LogP contribution in [0.15, 0.2) is 60.9 Å². The largest absolute Gasteiger partial charge is 0.494 e. The van der Waals surface area contributed by atoms with E-state index in [0.717, 1.165) is 0 Å². The Morgan fingerprint density at radius 1 is 0.615 bits per heavy atom. The normalized spacial score (nSPS) is 10.7. The molecule has 26 heavy (non-hydrogen) atoms. The Kier molecular flexibility index (Phi) is 4.15. The molecule has 0 saturated heterocycles. The lowest BCUT2D eigenvalue weighted by Gasteiger charge is -2.13. The van der Waals surface area contributed by atoms with Gasteiger partial charge in [-0.2, -0.15) is 0 Å². The smallest absolute Gasteiger partial charge is 0.147 e. The molecule has 6 nitrogen and oxygen atoms in total. The van der Waals surface area contributed by atoms with Gasteiger partial charge in [0.25, 0.3) is 0 Å². The molecule has 0 aliphatic rings. The third-order valence-electron chi connectivity index (χ3n) is 4.00. The first-order valence-electron chi connectivity index (χ1n) is 8.07. The van der Waals surface area contributed by atoms with Crippen LogP contribution in [0, 0.1) is 0 Å². The molecule has 0 amide bonds. The third-order valence-corrected chi connectivity index (χ3v) is 4.00. The summed E-state index contributed by atoms with van der Waals surface area (Å²) in [6.45, 7) is 0. The first-order chi connectivity index (χ1) is 12.8. The van der Waals surface area contributed by atoms with E-state index >= 15 is 0 Å². The topological polar surface area (TPSA) is 70.0 Å². The molecular formula is C20H16N4O2. The maximum Gasteiger partial charge on any atom is 0.147 e. The molecule has 6 heteroatoms. The van der Waals surface area contributed by atoms with Crippen LogP contribution in [0.3, 0.4) is 0 Å². The second-order valence-corrected chi connectivity index (χ2v) is 5.52. The number of benzene rings is 1. The Morgan fingerprint density at radius 2 is 1.08 bits per heavy atom. The van der Waals surface area contributed by atoms with Crippen LogP contribution in [0.5, 0.6) is 11.5 Å². The van der Waals surface area contributed by atoms with Gasteiger partial charge < -0.3 is 9.47 Å². The summed E-state index contributed by atoms with van der Waals surface area (Å²) in [4.78, 5) is 18.5. The van der Waals surface area contributed by atoms with Gasteiger partial charge in [-0.05, 0) is 36.4 Å². The van der Waals surface area contributed by atoms with E-state index in [1.165, 1.54) is 0 Å². The van der Waals surface area contributed by atoms with Gasteiger partial charge in [0.1, 0.15) is 33.9 Å². The van der Waals surface area contributed by atoms with Gasteiger partial charge in [0.05, 0.1) is 25.6 Å². The number of rotatable bonds is 4. The molecule has 0 aliphatic heterocycles. The molecule has 3 heterocycles. The van der Waals surface area contributed by atoms with Gasteiger partial charge in [-0.1, -0.05) is 12.1 Å². The van der Waals surface area contributed by atoms with Gasteiger partial charge >= 0.3 is 0 Å². The number of ether oxygens (including phenoxy) is 2. The summed E-state index contributed by atoms with van der Waals surface area (Å²) in [7, 11) is 3.21. The van der Waals surface area contributed by atoms with Crippen molar-refractivity contribution < 1.29 is 9.47 Å². The van der Waals surface area contributed by atoms with Gasteiger partial charge in [0.15, 0.2) is 0 Å². The summed E-state index contributed by atoms with van der Waals surface area (Å²) >= 11 is 0. The molecule has 0 unspecified atom stereocenters. The highest BCUT2D eigenvalue weighted by molar-refractivity contribution is 5.91. The molecule has 128 valence electrons. The summed E-state index contributed by atoms with van der Waals surface area (Å²) in [5.41, 5.74) is 3.95. The van der Waals surface area contributed by atoms with Crippen molar-refractivity contribution in [2.45, 2.75) is 0 Å². The van der Waals surface area contributed by atoms with Crippen molar-refractivity contribution in [1.82, 2.24) is 19.9 Å². The fourth-order valence-electron chi connectivity index (χ4n) is 2.78. The summed E-state index contributed by atoms with van der Waals surface area (Å²) in [6.07, 6.45) is 3.46. The van der Waals surface area contributed by atoms with Crippen molar-refractivity contribution in [1.29, 1.82) is 0 Å². The molecule has 0 bridgehead atoms. The number of methoxy groups -OCH3 is 2. The van der Waals surface area contributed by atoms with Crippen LogP contribution in [0.25, 0.3) is 33.8 Å². The summed E-state index contributed by atoms with van der Waals surface area (Å²) < 4.78 is 10.9. The maximum atomic E-state index is 5.47. The van der Waals surface area contributed by atoms with Crippen molar-refractivity contribution in [2.75, 3.05) is 14.2 Å². The molecule has 0 saturated carbocycles. The SMILES string of the molecule is COc1ccc(OC)c2nc(-c3ccccn3)c(-c3ccccn3)nc12. The summed E-state index contributed by atoms with van der Waals surface area (Å²) in [5.74, 6) is 1.25. The average Bonchev–Trinajstić information content (AvgIpc) is 2.73. The van der Waals surface area contributed by atoms with E-state index in [9.17, 15) is 0 Å². The second kappa shape index (κ2) is 6.76. The molecular weight excluding hydrogens is 328 g/mol. The van der Waals surface area contributed by atoms with E-state index in [0.29, 0.717) is 45.3 Å². The van der Waals surface area contributed by atoms with Crippen molar-refractivity contribution in [3.63, 3.8) is 0 Å². The fraction of sp³-hybridized carbons (Fsp3) is 0.100. The lowest BCUT2D eigenvalue weighted by atomic mass is 10.1. The van der Waals surface area contributed by atoms with E-state index in [1.807, 2.05) is 48.5 Å². The van der Waals surface area contributed by atoms with Crippen LogP contribution >= 0.6 is 0 Å². The van der Waals surface area contributed by atoms with Crippen molar-refractivity contribution in [2.24, 2.45) is 0 Å². The average molecular weight is 344 g/mol. The van der Waals surface area contributed by atoms with Crippen LogP contribution in [0.1, 0.15) is 0 Å². The Labute approximate surface area is 150 Å². The Balaban J connectivity index is 2.10. The number of nitrogens with zero attached hydrogens (tertiary/aromatic N) is 4. The van der Waals surface area contributed by atoms with Gasteiger partial charge in [-0.25, -0.2) is 9.97 Å². The zero-order valence-corrected chi connectivity index (χ0v) is 14.4. The molecule has 3 aromatic heterocycles. The van der Waals surface area contributed by atoms with Crippen molar-refractivity contribution in [3.05, 3.63) is 60.9 Å². The fourth-order valence-corrected chi connectivity index (χ4v) is 2.78. The van der Waals surface area contributed by atoms with E-state index < -0.39 is 0 Å². The zero-order valence-electron chi connectivity index (χ0n) is 14.4. The van der Waals surface area contributed by atoms with Crippen LogP contribution in [-0.2, 0) is 0 Å². The first-order valence-corrected chi connectivity index (χ1v) is 8.07. The number of hydrogen-bond acceptors (Lipinski definition) is 6. The molecule has 4 aromatic rings. The lowest BCUT2D eigenvalue weighted by molar-refractivity contribution is 0.409. The van der Waals surface area contributed by atoms with Crippen molar-refractivity contribution >= 4 is 11.0 Å². The Bertz CT molecular complexity index is 968. The van der Waals surface area contributed by atoms with E-state index in [1.54, 1.807) is 26.6 Å². The highest BCUT2D eigenvalue weighted by atomic mass is 16.5. The minimum atomic E-state index is 0.618. The molecule has 0 spiro atoms. The molecule has 4 rings (SSSR count). The number of hydrogen-bond donors (Lipinski definition) is 0. The zero-order chi connectivity index (χ0) is 17.9. The first kappa shape index (κ1) is 16.0. The number of pyridine rings is 2. The predicted octanol–water partition coefficient (Wildman–Crippen LogP) is 3.77. The molecule has 0 N–H and O–H groups in total. The minimum absolute atomic E-state index is 0.618. The molecule has 1 aromatic carbocycles. The molecule has 0 fully saturated rings. The molecule has 0 aliphatic carbocycles. The van der Waals surface area contributed by atoms with Crippen LogP contribution in [0.4, 0.5) is 0 Å². The van der Waals surface area contributed by atoms with E-state index in [2.05, 4.69) is 9.97 Å². The predicted molar refractivity (Wildman–Crippen MR) is 99.1 cm³/mol. The standard InChI is InChI=1S/C20H16N4O2/c1-25-15-9-10-16(26-2)20-19(15)23-17(13-7-3-5-11-21-13)18(24-20)14-8-4-6-12-22-14/h3-12H,1-2H3. The van der Waals surface area contributed by atoms with Gasteiger partial charge in [0, 0.05) is 12.4 Å². The van der Waals surface area contributed by atoms with Gasteiger partial charge in [-0.3, -0.25) is 9.97 Å². The Morgan fingerprint density at radius 3 is 1.42 bits per heavy atom. The third kappa shape index (κ3) is 2.71. The van der Waals surface area contributed by atoms with Gasteiger partial charge in [-0.15, -0.1) is 0 Å². The monoisotopic (exact) mass is 344 g/mol. The molecule has 0 atom stereocenters. The van der Waals surface area contributed by atoms with Crippen LogP contribution < -0.4 is 9.47 Å². The number of aromatic nitrogens is 4. The highest BCUT2D eigenvalue weighted by Crippen LogP contribution is 2.35. The van der Waals surface area contributed by atoms with Crippen molar-refractivity contribution in [3.8, 4) is 34.3 Å². The van der Waals surface area contributed by atoms with Crippen LogP contribution in [-0.4, -0.2) is 34.2 Å².